The summed E-state index contributed by atoms with van der Waals surface area (Å²) < 4.78 is 0. The lowest BCUT2D eigenvalue weighted by atomic mass is 10.2. The molecule has 4 rings (SSSR count). The Morgan fingerprint density at radius 2 is 1.68 bits per heavy atom. The lowest BCUT2D eigenvalue weighted by Gasteiger charge is -2.36. The first-order valence-corrected chi connectivity index (χ1v) is 11.3. The van der Waals surface area contributed by atoms with Crippen LogP contribution in [0.4, 0.5) is 0 Å². The average molecular weight is 446 g/mol. The highest BCUT2D eigenvalue weighted by Crippen LogP contribution is 2.20. The van der Waals surface area contributed by atoms with Crippen LogP contribution in [0.5, 0.6) is 0 Å². The highest BCUT2D eigenvalue weighted by atomic mass is 35.5. The van der Waals surface area contributed by atoms with Crippen molar-refractivity contribution in [1.29, 1.82) is 0 Å². The van der Waals surface area contributed by atoms with E-state index in [1.54, 1.807) is 12.1 Å². The summed E-state index contributed by atoms with van der Waals surface area (Å²) in [5.74, 6) is 0.659. The fourth-order valence-electron chi connectivity index (χ4n) is 4.10. The second-order valence-corrected chi connectivity index (χ2v) is 8.49. The Hall–Kier alpha value is -2.52. The number of tetrazole rings is 1. The molecule has 2 saturated heterocycles. The maximum absolute atomic E-state index is 13.1. The fourth-order valence-corrected chi connectivity index (χ4v) is 4.23. The van der Waals surface area contributed by atoms with Gasteiger partial charge in [-0.2, -0.15) is 4.80 Å². The molecular formula is C21H28ClN7O2. The van der Waals surface area contributed by atoms with Crippen molar-refractivity contribution in [3.05, 3.63) is 29.3 Å². The molecule has 2 fully saturated rings. The molecule has 1 aromatic carbocycles. The number of carbonyl (C=O) groups is 2. The van der Waals surface area contributed by atoms with E-state index in [-0.39, 0.29) is 11.8 Å². The van der Waals surface area contributed by atoms with Gasteiger partial charge in [0.15, 0.2) is 6.04 Å². The van der Waals surface area contributed by atoms with Crippen molar-refractivity contribution in [3.63, 3.8) is 0 Å². The molecule has 3 heterocycles. The number of rotatable bonds is 6. The second-order valence-electron chi connectivity index (χ2n) is 8.05. The number of carbonyl (C=O) groups excluding carboxylic acids is 2. The Morgan fingerprint density at radius 3 is 2.32 bits per heavy atom. The van der Waals surface area contributed by atoms with Crippen LogP contribution in [0.2, 0.25) is 5.02 Å². The number of aromatic nitrogens is 4. The quantitative estimate of drug-likeness (QED) is 0.672. The predicted octanol–water partition coefficient (Wildman–Crippen LogP) is 1.71. The first-order chi connectivity index (χ1) is 15.0. The lowest BCUT2D eigenvalue weighted by molar-refractivity contribution is -0.138. The van der Waals surface area contributed by atoms with Gasteiger partial charge in [-0.25, -0.2) is 0 Å². The van der Waals surface area contributed by atoms with Crippen molar-refractivity contribution in [2.75, 3.05) is 45.8 Å². The molecule has 0 N–H and O–H groups in total. The molecule has 10 heteroatoms. The number of amides is 2. The molecule has 31 heavy (non-hydrogen) atoms. The maximum atomic E-state index is 13.1. The van der Waals surface area contributed by atoms with Crippen LogP contribution in [-0.2, 0) is 9.59 Å². The number of piperazine rings is 1. The van der Waals surface area contributed by atoms with Gasteiger partial charge in [0.05, 0.1) is 6.54 Å². The molecule has 2 aromatic rings. The van der Waals surface area contributed by atoms with Gasteiger partial charge in [-0.15, -0.1) is 10.2 Å². The van der Waals surface area contributed by atoms with Crippen LogP contribution >= 0.6 is 11.6 Å². The van der Waals surface area contributed by atoms with Gasteiger partial charge in [0.1, 0.15) is 0 Å². The summed E-state index contributed by atoms with van der Waals surface area (Å²) in [6.07, 6.45) is 2.77. The molecule has 0 bridgehead atoms. The molecule has 0 saturated carbocycles. The largest absolute Gasteiger partial charge is 0.342 e. The van der Waals surface area contributed by atoms with Crippen molar-refractivity contribution < 1.29 is 9.59 Å². The Morgan fingerprint density at radius 1 is 1.00 bits per heavy atom. The third-order valence-electron chi connectivity index (χ3n) is 5.98. The monoisotopic (exact) mass is 445 g/mol. The number of hydrogen-bond donors (Lipinski definition) is 0. The highest BCUT2D eigenvalue weighted by molar-refractivity contribution is 6.30. The van der Waals surface area contributed by atoms with Gasteiger partial charge in [0.2, 0.25) is 17.6 Å². The van der Waals surface area contributed by atoms with Gasteiger partial charge in [0, 0.05) is 49.9 Å². The molecule has 0 spiro atoms. The van der Waals surface area contributed by atoms with Crippen LogP contribution in [0.15, 0.2) is 24.3 Å². The third-order valence-corrected chi connectivity index (χ3v) is 6.23. The molecule has 2 amide bonds. The zero-order valence-corrected chi connectivity index (χ0v) is 18.5. The zero-order chi connectivity index (χ0) is 21.8. The molecule has 2 aliphatic heterocycles. The Bertz CT molecular complexity index is 903. The van der Waals surface area contributed by atoms with Crippen molar-refractivity contribution >= 4 is 23.4 Å². The molecule has 1 atom stereocenters. The van der Waals surface area contributed by atoms with Gasteiger partial charge >= 0.3 is 0 Å². The van der Waals surface area contributed by atoms with Crippen molar-refractivity contribution in [3.8, 4) is 11.4 Å². The summed E-state index contributed by atoms with van der Waals surface area (Å²) in [4.78, 5) is 32.9. The van der Waals surface area contributed by atoms with Crippen LogP contribution < -0.4 is 0 Å². The molecule has 1 unspecified atom stereocenters. The smallest absolute Gasteiger partial charge is 0.249 e. The normalized spacial score (nSPS) is 18.4. The zero-order valence-electron chi connectivity index (χ0n) is 17.8. The Kier molecular flexibility index (Phi) is 6.82. The van der Waals surface area contributed by atoms with Crippen LogP contribution in [0.1, 0.15) is 32.2 Å². The molecular weight excluding hydrogens is 418 g/mol. The summed E-state index contributed by atoms with van der Waals surface area (Å²) >= 11 is 5.94. The number of likely N-dealkylation sites (tertiary alicyclic amines) is 1. The number of nitrogens with zero attached hydrogens (tertiary/aromatic N) is 7. The van der Waals surface area contributed by atoms with E-state index < -0.39 is 6.04 Å². The van der Waals surface area contributed by atoms with Crippen LogP contribution in [0, 0.1) is 0 Å². The Labute approximate surface area is 186 Å². The van der Waals surface area contributed by atoms with E-state index in [2.05, 4.69) is 20.3 Å². The van der Waals surface area contributed by atoms with E-state index >= 15 is 0 Å². The van der Waals surface area contributed by atoms with E-state index in [0.29, 0.717) is 50.0 Å². The topological polar surface area (TPSA) is 87.5 Å². The van der Waals surface area contributed by atoms with Crippen LogP contribution in [0.25, 0.3) is 11.4 Å². The Balaban J connectivity index is 1.34. The molecule has 166 valence electrons. The minimum Gasteiger partial charge on any atom is -0.342 e. The summed E-state index contributed by atoms with van der Waals surface area (Å²) in [6, 6.07) is 6.71. The van der Waals surface area contributed by atoms with Crippen LogP contribution in [0.3, 0.4) is 0 Å². The first kappa shape index (κ1) is 21.7. The van der Waals surface area contributed by atoms with Gasteiger partial charge in [0.25, 0.3) is 0 Å². The molecule has 2 aliphatic rings. The van der Waals surface area contributed by atoms with Gasteiger partial charge < -0.3 is 9.80 Å². The predicted molar refractivity (Wildman–Crippen MR) is 116 cm³/mol. The summed E-state index contributed by atoms with van der Waals surface area (Å²) in [6.45, 7) is 6.72. The molecule has 9 nitrogen and oxygen atoms in total. The van der Waals surface area contributed by atoms with Crippen LogP contribution in [-0.4, -0.2) is 92.5 Å². The molecule has 1 aromatic heterocycles. The summed E-state index contributed by atoms with van der Waals surface area (Å²) in [5, 5.41) is 13.3. The second kappa shape index (κ2) is 9.74. The highest BCUT2D eigenvalue weighted by Gasteiger charge is 2.30. The third kappa shape index (κ3) is 5.04. The number of benzene rings is 1. The van der Waals surface area contributed by atoms with Gasteiger partial charge in [-0.05, 0) is 48.7 Å². The van der Waals surface area contributed by atoms with E-state index in [1.165, 1.54) is 4.80 Å². The van der Waals surface area contributed by atoms with E-state index in [9.17, 15) is 9.59 Å². The summed E-state index contributed by atoms with van der Waals surface area (Å²) in [7, 11) is 0. The summed E-state index contributed by atoms with van der Waals surface area (Å²) in [5.41, 5.74) is 0.800. The van der Waals surface area contributed by atoms with E-state index in [0.717, 1.165) is 31.5 Å². The average Bonchev–Trinajstić information content (AvgIpc) is 3.48. The first-order valence-electron chi connectivity index (χ1n) is 10.9. The standard InChI is InChI=1S/C21H28ClN7O2/c1-2-18(29-24-20(23-25-29)16-5-7-17(22)8-6-16)21(31)28-13-11-26(12-14-28)15-19(30)27-9-3-4-10-27/h5-8,18H,2-4,9-15H2,1H3. The maximum Gasteiger partial charge on any atom is 0.249 e. The fraction of sp³-hybridized carbons (Fsp3) is 0.571. The van der Waals surface area contributed by atoms with Crippen molar-refractivity contribution in [2.24, 2.45) is 0 Å². The number of halogens is 1. The van der Waals surface area contributed by atoms with Crippen molar-refractivity contribution in [2.45, 2.75) is 32.2 Å². The number of hydrogen-bond acceptors (Lipinski definition) is 6. The minimum absolute atomic E-state index is 0.00641. The SMILES string of the molecule is CCC(C(=O)N1CCN(CC(=O)N2CCCC2)CC1)n1nnc(-c2ccc(Cl)cc2)n1. The lowest BCUT2D eigenvalue weighted by Crippen LogP contribution is -2.52. The minimum atomic E-state index is -0.494. The molecule has 0 aliphatic carbocycles. The van der Waals surface area contributed by atoms with E-state index in [4.69, 9.17) is 11.6 Å². The molecule has 0 radical (unpaired) electrons. The van der Waals surface area contributed by atoms with Gasteiger partial charge in [-0.1, -0.05) is 18.5 Å². The van der Waals surface area contributed by atoms with Crippen molar-refractivity contribution in [1.82, 2.24) is 34.9 Å². The van der Waals surface area contributed by atoms with E-state index in [1.807, 2.05) is 28.9 Å². The van der Waals surface area contributed by atoms with Gasteiger partial charge in [-0.3, -0.25) is 14.5 Å².